The van der Waals surface area contributed by atoms with Crippen LogP contribution in [0.1, 0.15) is 12.6 Å². The zero-order valence-electron chi connectivity index (χ0n) is 15.5. The number of methoxy groups -OCH3 is 1. The molecule has 1 N–H and O–H groups in total. The van der Waals surface area contributed by atoms with Crippen molar-refractivity contribution in [1.82, 2.24) is 4.98 Å². The van der Waals surface area contributed by atoms with Crippen molar-refractivity contribution in [2.75, 3.05) is 12.4 Å². The Labute approximate surface area is 167 Å². The predicted molar refractivity (Wildman–Crippen MR) is 108 cm³/mol. The molecule has 144 valence electrons. The van der Waals surface area contributed by atoms with E-state index in [1.807, 2.05) is 47.8 Å². The molecule has 1 amide bonds. The van der Waals surface area contributed by atoms with Crippen LogP contribution >= 0.6 is 11.3 Å². The smallest absolute Gasteiger partial charge is 0.312 e. The van der Waals surface area contributed by atoms with Crippen LogP contribution in [0.4, 0.5) is 5.69 Å². The standard InChI is InChI=1S/C21H20N2O4S/c1-14(20(25)22-16-6-4-3-5-7-16)27-19(24)12-17-13-28-21(23-17)15-8-10-18(26-2)11-9-15/h3-11,13-14H,12H2,1-2H3,(H,22,25)/t14-/m0/s1. The molecular formula is C21H20N2O4S. The van der Waals surface area contributed by atoms with Crippen molar-refractivity contribution in [2.24, 2.45) is 0 Å². The number of anilines is 1. The molecule has 0 saturated heterocycles. The topological polar surface area (TPSA) is 77.5 Å². The molecule has 0 aliphatic heterocycles. The third-order valence-corrected chi connectivity index (χ3v) is 4.87. The van der Waals surface area contributed by atoms with Crippen molar-refractivity contribution in [1.29, 1.82) is 0 Å². The molecule has 3 aromatic rings. The minimum atomic E-state index is -0.896. The SMILES string of the molecule is COc1ccc(-c2nc(CC(=O)O[C@@H](C)C(=O)Nc3ccccc3)cs2)cc1. The Hall–Kier alpha value is -3.19. The van der Waals surface area contributed by atoms with Crippen molar-refractivity contribution < 1.29 is 19.1 Å². The zero-order chi connectivity index (χ0) is 19.9. The van der Waals surface area contributed by atoms with Crippen molar-refractivity contribution >= 4 is 28.9 Å². The fourth-order valence-electron chi connectivity index (χ4n) is 2.46. The van der Waals surface area contributed by atoms with Crippen LogP contribution in [0.3, 0.4) is 0 Å². The minimum absolute atomic E-state index is 0.00954. The first-order valence-corrected chi connectivity index (χ1v) is 9.57. The zero-order valence-corrected chi connectivity index (χ0v) is 16.4. The molecule has 3 rings (SSSR count). The van der Waals surface area contributed by atoms with E-state index in [9.17, 15) is 9.59 Å². The summed E-state index contributed by atoms with van der Waals surface area (Å²) in [5.74, 6) is -0.106. The summed E-state index contributed by atoms with van der Waals surface area (Å²) in [7, 11) is 1.61. The monoisotopic (exact) mass is 396 g/mol. The Morgan fingerprint density at radius 1 is 1.11 bits per heavy atom. The van der Waals surface area contributed by atoms with Gasteiger partial charge < -0.3 is 14.8 Å². The van der Waals surface area contributed by atoms with Crippen LogP contribution in [-0.2, 0) is 20.7 Å². The molecule has 28 heavy (non-hydrogen) atoms. The first kappa shape index (κ1) is 19.6. The summed E-state index contributed by atoms with van der Waals surface area (Å²) < 4.78 is 10.4. The highest BCUT2D eigenvalue weighted by Gasteiger charge is 2.19. The summed E-state index contributed by atoms with van der Waals surface area (Å²) in [4.78, 5) is 28.8. The van der Waals surface area contributed by atoms with Crippen molar-refractivity contribution in [2.45, 2.75) is 19.4 Å². The van der Waals surface area contributed by atoms with E-state index < -0.39 is 12.1 Å². The van der Waals surface area contributed by atoms with Gasteiger partial charge >= 0.3 is 5.97 Å². The number of carbonyl (C=O) groups excluding carboxylic acids is 2. The molecule has 1 atom stereocenters. The number of aromatic nitrogens is 1. The number of amides is 1. The van der Waals surface area contributed by atoms with Crippen LogP contribution in [-0.4, -0.2) is 30.1 Å². The van der Waals surface area contributed by atoms with Gasteiger partial charge in [0, 0.05) is 16.6 Å². The van der Waals surface area contributed by atoms with E-state index in [2.05, 4.69) is 10.3 Å². The molecule has 0 radical (unpaired) electrons. The van der Waals surface area contributed by atoms with Crippen LogP contribution in [0.15, 0.2) is 60.0 Å². The first-order chi connectivity index (χ1) is 13.5. The molecule has 0 saturated carbocycles. The molecule has 0 aliphatic carbocycles. The number of para-hydroxylation sites is 1. The number of ether oxygens (including phenoxy) is 2. The lowest BCUT2D eigenvalue weighted by Gasteiger charge is -2.13. The minimum Gasteiger partial charge on any atom is -0.497 e. The highest BCUT2D eigenvalue weighted by molar-refractivity contribution is 7.13. The third kappa shape index (κ3) is 5.17. The number of rotatable bonds is 7. The number of benzene rings is 2. The van der Waals surface area contributed by atoms with Crippen LogP contribution in [0.25, 0.3) is 10.6 Å². The maximum atomic E-state index is 12.2. The van der Waals surface area contributed by atoms with Gasteiger partial charge in [-0.05, 0) is 43.3 Å². The van der Waals surface area contributed by atoms with Gasteiger partial charge in [0.1, 0.15) is 10.8 Å². The van der Waals surface area contributed by atoms with Gasteiger partial charge in [-0.15, -0.1) is 11.3 Å². The second-order valence-electron chi connectivity index (χ2n) is 6.04. The summed E-state index contributed by atoms with van der Waals surface area (Å²) in [6.07, 6.45) is -0.886. The Morgan fingerprint density at radius 2 is 1.82 bits per heavy atom. The summed E-state index contributed by atoms with van der Waals surface area (Å²) >= 11 is 1.45. The average Bonchev–Trinajstić information content (AvgIpc) is 3.17. The van der Waals surface area contributed by atoms with Gasteiger partial charge in [-0.25, -0.2) is 4.98 Å². The Morgan fingerprint density at radius 3 is 2.50 bits per heavy atom. The van der Waals surface area contributed by atoms with Crippen molar-refractivity contribution in [3.05, 3.63) is 65.7 Å². The largest absolute Gasteiger partial charge is 0.497 e. The van der Waals surface area contributed by atoms with E-state index in [1.54, 1.807) is 26.2 Å². The molecule has 0 spiro atoms. The lowest BCUT2D eigenvalue weighted by Crippen LogP contribution is -2.30. The number of nitrogens with zero attached hydrogens (tertiary/aromatic N) is 1. The summed E-state index contributed by atoms with van der Waals surface area (Å²) in [6, 6.07) is 16.6. The maximum absolute atomic E-state index is 12.2. The van der Waals surface area contributed by atoms with E-state index in [4.69, 9.17) is 9.47 Å². The number of hydrogen-bond donors (Lipinski definition) is 1. The van der Waals surface area contributed by atoms with E-state index in [0.717, 1.165) is 16.3 Å². The summed E-state index contributed by atoms with van der Waals surface area (Å²) in [6.45, 7) is 1.54. The Balaban J connectivity index is 1.54. The van der Waals surface area contributed by atoms with Crippen LogP contribution in [0, 0.1) is 0 Å². The van der Waals surface area contributed by atoms with Crippen molar-refractivity contribution in [3.8, 4) is 16.3 Å². The summed E-state index contributed by atoms with van der Waals surface area (Å²) in [5, 5.41) is 5.33. The summed E-state index contributed by atoms with van der Waals surface area (Å²) in [5.41, 5.74) is 2.21. The fraction of sp³-hybridized carbons (Fsp3) is 0.190. The lowest BCUT2D eigenvalue weighted by molar-refractivity contribution is -0.152. The van der Waals surface area contributed by atoms with Crippen LogP contribution in [0.2, 0.25) is 0 Å². The normalized spacial score (nSPS) is 11.5. The molecule has 7 heteroatoms. The number of nitrogens with one attached hydrogen (secondary N) is 1. The highest BCUT2D eigenvalue weighted by Crippen LogP contribution is 2.26. The van der Waals surface area contributed by atoms with E-state index in [0.29, 0.717) is 11.4 Å². The van der Waals surface area contributed by atoms with Gasteiger partial charge in [0.2, 0.25) is 0 Å². The molecule has 2 aromatic carbocycles. The molecule has 0 bridgehead atoms. The van der Waals surface area contributed by atoms with Gasteiger partial charge in [-0.2, -0.15) is 0 Å². The van der Waals surface area contributed by atoms with Crippen LogP contribution < -0.4 is 10.1 Å². The predicted octanol–water partition coefficient (Wildman–Crippen LogP) is 3.93. The second-order valence-corrected chi connectivity index (χ2v) is 6.89. The van der Waals surface area contributed by atoms with E-state index in [-0.39, 0.29) is 12.3 Å². The number of hydrogen-bond acceptors (Lipinski definition) is 6. The number of thiazole rings is 1. The van der Waals surface area contributed by atoms with Crippen LogP contribution in [0.5, 0.6) is 5.75 Å². The number of esters is 1. The second kappa shape index (κ2) is 9.14. The van der Waals surface area contributed by atoms with Gasteiger partial charge in [0.15, 0.2) is 6.10 Å². The van der Waals surface area contributed by atoms with Crippen molar-refractivity contribution in [3.63, 3.8) is 0 Å². The van der Waals surface area contributed by atoms with Gasteiger partial charge in [0.25, 0.3) is 5.91 Å². The lowest BCUT2D eigenvalue weighted by atomic mass is 10.2. The maximum Gasteiger partial charge on any atom is 0.312 e. The third-order valence-electron chi connectivity index (χ3n) is 3.93. The Kier molecular flexibility index (Phi) is 6.39. The quantitative estimate of drug-likeness (QED) is 0.612. The molecular weight excluding hydrogens is 376 g/mol. The average molecular weight is 396 g/mol. The molecule has 1 aromatic heterocycles. The highest BCUT2D eigenvalue weighted by atomic mass is 32.1. The molecule has 0 aliphatic rings. The Bertz CT molecular complexity index is 939. The van der Waals surface area contributed by atoms with Gasteiger partial charge in [-0.1, -0.05) is 18.2 Å². The first-order valence-electron chi connectivity index (χ1n) is 8.69. The van der Waals surface area contributed by atoms with E-state index >= 15 is 0 Å². The fourth-order valence-corrected chi connectivity index (χ4v) is 3.29. The van der Waals surface area contributed by atoms with E-state index in [1.165, 1.54) is 11.3 Å². The molecule has 1 heterocycles. The molecule has 0 fully saturated rings. The number of carbonyl (C=O) groups is 2. The molecule has 0 unspecified atom stereocenters. The van der Waals surface area contributed by atoms with Gasteiger partial charge in [-0.3, -0.25) is 9.59 Å². The van der Waals surface area contributed by atoms with Gasteiger partial charge in [0.05, 0.1) is 19.2 Å². The molecule has 6 nitrogen and oxygen atoms in total.